The maximum Gasteiger partial charge on any atom is 0.335 e. The van der Waals surface area contributed by atoms with Gasteiger partial charge in [-0.05, 0) is 30.6 Å². The number of unbranched alkanes of at least 4 members (excludes halogenated alkanes) is 1. The van der Waals surface area contributed by atoms with Crippen molar-refractivity contribution in [2.24, 2.45) is 0 Å². The number of ether oxygens (including phenoxy) is 3. The predicted molar refractivity (Wildman–Crippen MR) is 133 cm³/mol. The van der Waals surface area contributed by atoms with E-state index in [1.54, 1.807) is 6.08 Å². The molecule has 6 nitrogen and oxygen atoms in total. The summed E-state index contributed by atoms with van der Waals surface area (Å²) < 4.78 is 22.9. The third kappa shape index (κ3) is 15.0. The van der Waals surface area contributed by atoms with E-state index in [1.165, 1.54) is 0 Å². The Morgan fingerprint density at radius 1 is 1.10 bits per heavy atom. The molecular formula is C23H48O6Si2. The largest absolute Gasteiger partial charge is 0.464 e. The zero-order valence-electron chi connectivity index (χ0n) is 21.5. The Labute approximate surface area is 192 Å². The van der Waals surface area contributed by atoms with Gasteiger partial charge in [-0.15, -0.1) is 0 Å². The molecule has 31 heavy (non-hydrogen) atoms. The summed E-state index contributed by atoms with van der Waals surface area (Å²) in [5, 5.41) is 10.1. The van der Waals surface area contributed by atoms with Gasteiger partial charge in [0.1, 0.15) is 12.9 Å². The summed E-state index contributed by atoms with van der Waals surface area (Å²) in [6, 6.07) is 1.09. The van der Waals surface area contributed by atoms with Crippen LogP contribution >= 0.6 is 0 Å². The first-order chi connectivity index (χ1) is 14.2. The Morgan fingerprint density at radius 2 is 1.74 bits per heavy atom. The second-order valence-corrected chi connectivity index (χ2v) is 21.2. The van der Waals surface area contributed by atoms with Crippen LogP contribution in [0.3, 0.4) is 0 Å². The zero-order chi connectivity index (χ0) is 24.1. The molecule has 0 amide bonds. The maximum atomic E-state index is 11.8. The molecule has 0 saturated carbocycles. The average molecular weight is 477 g/mol. The summed E-state index contributed by atoms with van der Waals surface area (Å²) in [4.78, 5) is 11.8. The molecule has 184 valence electrons. The lowest BCUT2D eigenvalue weighted by Gasteiger charge is -2.37. The van der Waals surface area contributed by atoms with Gasteiger partial charge in [0.2, 0.25) is 0 Å². The molecule has 0 bridgehead atoms. The third-order valence-electron chi connectivity index (χ3n) is 5.50. The van der Waals surface area contributed by atoms with Crippen molar-refractivity contribution in [2.45, 2.75) is 103 Å². The van der Waals surface area contributed by atoms with Gasteiger partial charge in [0.25, 0.3) is 0 Å². The van der Waals surface area contributed by atoms with Crippen molar-refractivity contribution in [3.63, 3.8) is 0 Å². The molecular weight excluding hydrogens is 428 g/mol. The van der Waals surface area contributed by atoms with Gasteiger partial charge in [-0.1, -0.05) is 65.9 Å². The standard InChI is InChI=1S/C23H48O6Si2/c1-10-11-15-27-22(25)21(24)14-12-13-20(18-29-31(8,9)23(2,3)4)28-19-26-16-17-30(5,6)7/h12-13,20-21,24H,10-11,14-19H2,1-9H3/b13-12-/t20-,21-/m0/s1. The molecule has 0 fully saturated rings. The Balaban J connectivity index is 4.74. The molecule has 0 unspecified atom stereocenters. The van der Waals surface area contributed by atoms with Crippen molar-refractivity contribution < 1.29 is 28.5 Å². The number of carbonyl (C=O) groups is 1. The maximum absolute atomic E-state index is 11.8. The Morgan fingerprint density at radius 3 is 2.29 bits per heavy atom. The van der Waals surface area contributed by atoms with Crippen LogP contribution in [0.15, 0.2) is 12.2 Å². The first-order valence-corrected chi connectivity index (χ1v) is 18.2. The monoisotopic (exact) mass is 476 g/mol. The first kappa shape index (κ1) is 30.5. The molecule has 0 aromatic heterocycles. The van der Waals surface area contributed by atoms with E-state index in [4.69, 9.17) is 18.6 Å². The van der Waals surface area contributed by atoms with Gasteiger partial charge in [-0.2, -0.15) is 0 Å². The summed E-state index contributed by atoms with van der Waals surface area (Å²) in [5.41, 5.74) is 0. The van der Waals surface area contributed by atoms with E-state index < -0.39 is 28.5 Å². The molecule has 0 aromatic carbocycles. The van der Waals surface area contributed by atoms with Crippen molar-refractivity contribution >= 4 is 22.4 Å². The van der Waals surface area contributed by atoms with E-state index in [0.29, 0.717) is 19.8 Å². The van der Waals surface area contributed by atoms with Crippen molar-refractivity contribution in [2.75, 3.05) is 26.6 Å². The van der Waals surface area contributed by atoms with E-state index in [2.05, 4.69) is 53.5 Å². The Hall–Kier alpha value is -0.516. The smallest absolute Gasteiger partial charge is 0.335 e. The first-order valence-electron chi connectivity index (χ1n) is 11.5. The molecule has 8 heteroatoms. The Kier molecular flexibility index (Phi) is 14.4. The fourth-order valence-corrected chi connectivity index (χ4v) is 3.88. The van der Waals surface area contributed by atoms with Gasteiger partial charge < -0.3 is 23.7 Å². The van der Waals surface area contributed by atoms with E-state index in [1.807, 2.05) is 13.0 Å². The van der Waals surface area contributed by atoms with Gasteiger partial charge in [0, 0.05) is 21.1 Å². The number of aliphatic hydroxyl groups is 1. The summed E-state index contributed by atoms with van der Waals surface area (Å²) in [7, 11) is -3.05. The van der Waals surface area contributed by atoms with Crippen molar-refractivity contribution in [3.8, 4) is 0 Å². The molecule has 2 atom stereocenters. The van der Waals surface area contributed by atoms with Crippen LogP contribution in [0.5, 0.6) is 0 Å². The van der Waals surface area contributed by atoms with Gasteiger partial charge in [-0.25, -0.2) is 4.79 Å². The van der Waals surface area contributed by atoms with Crippen LogP contribution in [0.4, 0.5) is 0 Å². The highest BCUT2D eigenvalue weighted by Crippen LogP contribution is 2.36. The molecule has 0 heterocycles. The summed E-state index contributed by atoms with van der Waals surface area (Å²) in [6.07, 6.45) is 4.06. The van der Waals surface area contributed by atoms with E-state index >= 15 is 0 Å². The highest BCUT2D eigenvalue weighted by molar-refractivity contribution is 6.76. The SMILES string of the molecule is CCCCOC(=O)[C@@H](O)C/C=C\[C@@H](CO[Si](C)(C)C(C)(C)C)OCOCC[Si](C)(C)C. The average Bonchev–Trinajstić information content (AvgIpc) is 2.63. The Bertz CT molecular complexity index is 523. The van der Waals surface area contributed by atoms with Crippen molar-refractivity contribution in [1.29, 1.82) is 0 Å². The molecule has 0 radical (unpaired) electrons. The molecule has 0 aromatic rings. The van der Waals surface area contributed by atoms with E-state index in [-0.39, 0.29) is 24.4 Å². The number of carbonyl (C=O) groups excluding carboxylic acids is 1. The highest BCUT2D eigenvalue weighted by Gasteiger charge is 2.37. The number of hydrogen-bond donors (Lipinski definition) is 1. The van der Waals surface area contributed by atoms with Crippen LogP contribution < -0.4 is 0 Å². The number of hydrogen-bond acceptors (Lipinski definition) is 6. The molecule has 0 aliphatic carbocycles. The topological polar surface area (TPSA) is 74.2 Å². The third-order valence-corrected chi connectivity index (χ3v) is 11.7. The van der Waals surface area contributed by atoms with Crippen molar-refractivity contribution in [1.82, 2.24) is 0 Å². The van der Waals surface area contributed by atoms with Gasteiger partial charge >= 0.3 is 5.97 Å². The fourth-order valence-electron chi connectivity index (χ4n) is 2.11. The van der Waals surface area contributed by atoms with Crippen LogP contribution in [0.2, 0.25) is 43.8 Å². The van der Waals surface area contributed by atoms with Gasteiger partial charge in [-0.3, -0.25) is 0 Å². The van der Waals surface area contributed by atoms with Crippen LogP contribution in [-0.4, -0.2) is 66.3 Å². The predicted octanol–water partition coefficient (Wildman–Crippen LogP) is 5.36. The normalized spacial score (nSPS) is 15.3. The molecule has 0 spiro atoms. The number of rotatable bonds is 16. The number of aliphatic hydroxyl groups excluding tert-OH is 1. The fraction of sp³-hybridized carbons (Fsp3) is 0.870. The molecule has 0 rings (SSSR count). The lowest BCUT2D eigenvalue weighted by molar-refractivity contribution is -0.153. The molecule has 0 saturated heterocycles. The number of esters is 1. The van der Waals surface area contributed by atoms with Crippen LogP contribution in [0.25, 0.3) is 0 Å². The van der Waals surface area contributed by atoms with Crippen LogP contribution in [-0.2, 0) is 23.4 Å². The van der Waals surface area contributed by atoms with Gasteiger partial charge in [0.05, 0.1) is 13.2 Å². The molecule has 0 aliphatic heterocycles. The minimum absolute atomic E-state index is 0.105. The lowest BCUT2D eigenvalue weighted by atomic mass is 10.2. The summed E-state index contributed by atoms with van der Waals surface area (Å²) >= 11 is 0. The zero-order valence-corrected chi connectivity index (χ0v) is 23.5. The second-order valence-electron chi connectivity index (χ2n) is 10.8. The molecule has 1 N–H and O–H groups in total. The van der Waals surface area contributed by atoms with Crippen LogP contribution in [0.1, 0.15) is 47.0 Å². The van der Waals surface area contributed by atoms with E-state index in [0.717, 1.165) is 18.9 Å². The lowest BCUT2D eigenvalue weighted by Crippen LogP contribution is -2.42. The quantitative estimate of drug-likeness (QED) is 0.106. The van der Waals surface area contributed by atoms with E-state index in [9.17, 15) is 9.90 Å². The minimum Gasteiger partial charge on any atom is -0.464 e. The minimum atomic E-state index is -1.92. The van der Waals surface area contributed by atoms with Crippen LogP contribution in [0, 0.1) is 0 Å². The van der Waals surface area contributed by atoms with Gasteiger partial charge in [0.15, 0.2) is 14.4 Å². The second kappa shape index (κ2) is 14.6. The summed E-state index contributed by atoms with van der Waals surface area (Å²) in [5.74, 6) is -0.581. The van der Waals surface area contributed by atoms with Crippen molar-refractivity contribution in [3.05, 3.63) is 12.2 Å². The summed E-state index contributed by atoms with van der Waals surface area (Å²) in [6.45, 7) is 21.6. The highest BCUT2D eigenvalue weighted by atomic mass is 28.4. The molecule has 0 aliphatic rings.